The van der Waals surface area contributed by atoms with Crippen molar-refractivity contribution in [1.29, 1.82) is 0 Å². The molecule has 0 unspecified atom stereocenters. The highest BCUT2D eigenvalue weighted by molar-refractivity contribution is 5.55. The van der Waals surface area contributed by atoms with Gasteiger partial charge in [-0.15, -0.1) is 0 Å². The lowest BCUT2D eigenvalue weighted by molar-refractivity contribution is 0.155. The first-order chi connectivity index (χ1) is 9.67. The van der Waals surface area contributed by atoms with E-state index in [0.29, 0.717) is 0 Å². The number of aliphatic hydroxyl groups excluding tert-OH is 1. The third-order valence-corrected chi connectivity index (χ3v) is 4.26. The fourth-order valence-corrected chi connectivity index (χ4v) is 2.82. The normalized spacial score (nSPS) is 26.2. The Morgan fingerprint density at radius 1 is 1.30 bits per heavy atom. The van der Waals surface area contributed by atoms with Gasteiger partial charge in [-0.05, 0) is 44.1 Å². The number of nitrogens with one attached hydrogen (secondary N) is 2. The van der Waals surface area contributed by atoms with Gasteiger partial charge in [-0.2, -0.15) is 0 Å². The zero-order chi connectivity index (χ0) is 14.4. The molecule has 1 saturated carbocycles. The zero-order valence-corrected chi connectivity index (χ0v) is 12.7. The van der Waals surface area contributed by atoms with Gasteiger partial charge in [0.25, 0.3) is 0 Å². The van der Waals surface area contributed by atoms with Crippen LogP contribution < -0.4 is 10.6 Å². The van der Waals surface area contributed by atoms with Crippen LogP contribution >= 0.6 is 0 Å². The average Bonchev–Trinajstić information content (AvgIpc) is 2.48. The molecule has 0 spiro atoms. The summed E-state index contributed by atoms with van der Waals surface area (Å²) in [5, 5.41) is 16.7. The molecule has 0 atom stereocenters. The van der Waals surface area contributed by atoms with Gasteiger partial charge in [0, 0.05) is 6.54 Å². The van der Waals surface area contributed by atoms with Gasteiger partial charge < -0.3 is 15.7 Å². The summed E-state index contributed by atoms with van der Waals surface area (Å²) in [6, 6.07) is 2.08. The minimum Gasteiger partial charge on any atom is -0.394 e. The zero-order valence-electron chi connectivity index (χ0n) is 12.7. The minimum absolute atomic E-state index is 0.169. The van der Waals surface area contributed by atoms with Crippen LogP contribution in [0.2, 0.25) is 0 Å². The van der Waals surface area contributed by atoms with E-state index >= 15 is 0 Å². The van der Waals surface area contributed by atoms with Gasteiger partial charge in [-0.1, -0.05) is 13.8 Å². The maximum Gasteiger partial charge on any atom is 0.0661 e. The monoisotopic (exact) mass is 277 g/mol. The number of rotatable bonds is 6. The molecule has 112 valence electrons. The lowest BCUT2D eigenvalue weighted by Crippen LogP contribution is -2.45. The summed E-state index contributed by atoms with van der Waals surface area (Å²) in [6.45, 7) is 5.57. The maximum absolute atomic E-state index is 9.80. The molecule has 1 aliphatic carbocycles. The highest BCUT2D eigenvalue weighted by Gasteiger charge is 2.33. The van der Waals surface area contributed by atoms with Gasteiger partial charge in [-0.3, -0.25) is 4.98 Å². The number of hydrogen-bond donors (Lipinski definition) is 3. The number of nitrogens with zero attached hydrogens (tertiary/aromatic N) is 1. The molecule has 20 heavy (non-hydrogen) atoms. The molecule has 1 aliphatic rings. The number of hydrogen-bond acceptors (Lipinski definition) is 4. The van der Waals surface area contributed by atoms with Crippen molar-refractivity contribution in [1.82, 2.24) is 4.98 Å². The molecule has 0 bridgehead atoms. The molecule has 0 aromatic carbocycles. The van der Waals surface area contributed by atoms with E-state index in [0.717, 1.165) is 43.1 Å². The molecular weight excluding hydrogens is 250 g/mol. The summed E-state index contributed by atoms with van der Waals surface area (Å²) >= 11 is 0. The number of pyridine rings is 1. The summed E-state index contributed by atoms with van der Waals surface area (Å²) in [6.07, 6.45) is 9.18. The summed E-state index contributed by atoms with van der Waals surface area (Å²) in [5.74, 6) is 0.771. The molecule has 4 nitrogen and oxygen atoms in total. The van der Waals surface area contributed by atoms with E-state index in [-0.39, 0.29) is 12.1 Å². The first kappa shape index (κ1) is 15.1. The van der Waals surface area contributed by atoms with Crippen LogP contribution in [0.15, 0.2) is 18.5 Å². The average molecular weight is 277 g/mol. The van der Waals surface area contributed by atoms with E-state index in [2.05, 4.69) is 35.5 Å². The third kappa shape index (κ3) is 3.85. The summed E-state index contributed by atoms with van der Waals surface area (Å²) < 4.78 is 0. The second-order valence-corrected chi connectivity index (χ2v) is 6.14. The van der Waals surface area contributed by atoms with Crippen LogP contribution in [0, 0.1) is 5.92 Å². The third-order valence-electron chi connectivity index (χ3n) is 4.26. The van der Waals surface area contributed by atoms with Crippen LogP contribution in [0.4, 0.5) is 11.4 Å². The van der Waals surface area contributed by atoms with Crippen molar-refractivity contribution in [3.8, 4) is 0 Å². The molecule has 4 heteroatoms. The second kappa shape index (κ2) is 6.93. The van der Waals surface area contributed by atoms with E-state index < -0.39 is 0 Å². The SMILES string of the molecule is CCCNc1cncc(NC2(CO)CCC(C)CC2)c1. The highest BCUT2D eigenvalue weighted by atomic mass is 16.3. The van der Waals surface area contributed by atoms with Crippen molar-refractivity contribution in [2.45, 2.75) is 51.5 Å². The van der Waals surface area contributed by atoms with E-state index in [4.69, 9.17) is 0 Å². The van der Waals surface area contributed by atoms with Crippen molar-refractivity contribution in [2.24, 2.45) is 5.92 Å². The molecule has 2 rings (SSSR count). The van der Waals surface area contributed by atoms with Gasteiger partial charge in [0.1, 0.15) is 0 Å². The number of anilines is 2. The van der Waals surface area contributed by atoms with E-state index in [1.54, 1.807) is 0 Å². The standard InChI is InChI=1S/C16H27N3O/c1-3-8-18-14-9-15(11-17-10-14)19-16(12-20)6-4-13(2)5-7-16/h9-11,13,18-20H,3-8,12H2,1-2H3. The summed E-state index contributed by atoms with van der Waals surface area (Å²) in [4.78, 5) is 4.28. The molecule has 1 aromatic rings. The second-order valence-electron chi connectivity index (χ2n) is 6.14. The lowest BCUT2D eigenvalue weighted by atomic mass is 9.77. The minimum atomic E-state index is -0.169. The largest absolute Gasteiger partial charge is 0.394 e. The summed E-state index contributed by atoms with van der Waals surface area (Å²) in [7, 11) is 0. The van der Waals surface area contributed by atoms with Crippen molar-refractivity contribution in [3.63, 3.8) is 0 Å². The molecule has 0 radical (unpaired) electrons. The lowest BCUT2D eigenvalue weighted by Gasteiger charge is -2.39. The maximum atomic E-state index is 9.80. The molecule has 1 fully saturated rings. The van der Waals surface area contributed by atoms with Crippen LogP contribution in [0.25, 0.3) is 0 Å². The van der Waals surface area contributed by atoms with Crippen molar-refractivity contribution < 1.29 is 5.11 Å². The van der Waals surface area contributed by atoms with Crippen LogP contribution in [0.3, 0.4) is 0 Å². The Morgan fingerprint density at radius 3 is 2.65 bits per heavy atom. The molecule has 1 heterocycles. The predicted octanol–water partition coefficient (Wildman–Crippen LogP) is 3.26. The van der Waals surface area contributed by atoms with Crippen LogP contribution in [-0.4, -0.2) is 28.8 Å². The van der Waals surface area contributed by atoms with Crippen LogP contribution in [0.1, 0.15) is 46.0 Å². The fourth-order valence-electron chi connectivity index (χ4n) is 2.82. The smallest absolute Gasteiger partial charge is 0.0661 e. The number of aromatic nitrogens is 1. The number of aliphatic hydroxyl groups is 1. The van der Waals surface area contributed by atoms with E-state index in [1.165, 1.54) is 12.8 Å². The van der Waals surface area contributed by atoms with Gasteiger partial charge in [0.15, 0.2) is 0 Å². The highest BCUT2D eigenvalue weighted by Crippen LogP contribution is 2.34. The van der Waals surface area contributed by atoms with Crippen molar-refractivity contribution in [2.75, 3.05) is 23.8 Å². The Bertz CT molecular complexity index is 414. The van der Waals surface area contributed by atoms with E-state index in [9.17, 15) is 5.11 Å². The van der Waals surface area contributed by atoms with Gasteiger partial charge >= 0.3 is 0 Å². The van der Waals surface area contributed by atoms with Crippen LogP contribution in [-0.2, 0) is 0 Å². The molecule has 3 N–H and O–H groups in total. The molecule has 0 amide bonds. The molecular formula is C16H27N3O. The first-order valence-corrected chi connectivity index (χ1v) is 7.75. The van der Waals surface area contributed by atoms with Gasteiger partial charge in [-0.25, -0.2) is 0 Å². The fraction of sp³-hybridized carbons (Fsp3) is 0.688. The Balaban J connectivity index is 2.03. The van der Waals surface area contributed by atoms with Crippen molar-refractivity contribution >= 4 is 11.4 Å². The van der Waals surface area contributed by atoms with E-state index in [1.807, 2.05) is 12.4 Å². The van der Waals surface area contributed by atoms with Crippen LogP contribution in [0.5, 0.6) is 0 Å². The molecule has 0 saturated heterocycles. The van der Waals surface area contributed by atoms with Gasteiger partial charge in [0.05, 0.1) is 35.9 Å². The quantitative estimate of drug-likeness (QED) is 0.747. The molecule has 1 aromatic heterocycles. The Morgan fingerprint density at radius 2 is 2.00 bits per heavy atom. The predicted molar refractivity (Wildman–Crippen MR) is 84.1 cm³/mol. The van der Waals surface area contributed by atoms with Gasteiger partial charge in [0.2, 0.25) is 0 Å². The first-order valence-electron chi connectivity index (χ1n) is 7.75. The Hall–Kier alpha value is -1.29. The van der Waals surface area contributed by atoms with Crippen molar-refractivity contribution in [3.05, 3.63) is 18.5 Å². The Labute approximate surface area is 122 Å². The summed E-state index contributed by atoms with van der Waals surface area (Å²) in [5.41, 5.74) is 1.86. The molecule has 0 aliphatic heterocycles. The topological polar surface area (TPSA) is 57.2 Å². The Kier molecular flexibility index (Phi) is 5.24.